The predicted octanol–water partition coefficient (Wildman–Crippen LogP) is 1.85. The van der Waals surface area contributed by atoms with Crippen molar-refractivity contribution in [2.24, 2.45) is 5.92 Å². The maximum Gasteiger partial charge on any atom is 0.263 e. The summed E-state index contributed by atoms with van der Waals surface area (Å²) in [5.41, 5.74) is 6.52. The zero-order valence-electron chi connectivity index (χ0n) is 11.5. The van der Waals surface area contributed by atoms with Gasteiger partial charge in [-0.15, -0.1) is 11.3 Å². The van der Waals surface area contributed by atoms with E-state index in [1.165, 1.54) is 11.3 Å². The number of thiophene rings is 1. The molecule has 0 saturated carbocycles. The van der Waals surface area contributed by atoms with Crippen LogP contribution in [0.25, 0.3) is 10.1 Å². The largest absolute Gasteiger partial charge is 0.497 e. The normalized spacial score (nSPS) is 12.3. The number of aliphatic hydroxyl groups is 1. The van der Waals surface area contributed by atoms with E-state index < -0.39 is 0 Å². The van der Waals surface area contributed by atoms with Crippen molar-refractivity contribution >= 4 is 33.0 Å². The van der Waals surface area contributed by atoms with Crippen molar-refractivity contribution in [2.45, 2.75) is 6.92 Å². The Labute approximate surface area is 121 Å². The summed E-state index contributed by atoms with van der Waals surface area (Å²) >= 11 is 1.34. The fourth-order valence-electron chi connectivity index (χ4n) is 1.80. The number of nitrogen functional groups attached to an aromatic ring is 1. The summed E-state index contributed by atoms with van der Waals surface area (Å²) < 4.78 is 6.08. The van der Waals surface area contributed by atoms with Crippen molar-refractivity contribution in [1.82, 2.24) is 5.32 Å². The number of carbonyl (C=O) groups is 1. The first-order valence-corrected chi connectivity index (χ1v) is 7.13. The van der Waals surface area contributed by atoms with Crippen LogP contribution < -0.4 is 15.8 Å². The monoisotopic (exact) mass is 294 g/mol. The molecule has 0 spiro atoms. The lowest BCUT2D eigenvalue weighted by molar-refractivity contribution is 0.0947. The fourth-order valence-corrected chi connectivity index (χ4v) is 2.87. The topological polar surface area (TPSA) is 84.6 Å². The molecule has 2 aromatic rings. The maximum atomic E-state index is 12.1. The van der Waals surface area contributed by atoms with Gasteiger partial charge >= 0.3 is 0 Å². The Morgan fingerprint density at radius 2 is 2.30 bits per heavy atom. The van der Waals surface area contributed by atoms with Gasteiger partial charge in [0.1, 0.15) is 10.6 Å². The third-order valence-corrected chi connectivity index (χ3v) is 4.23. The van der Waals surface area contributed by atoms with E-state index in [2.05, 4.69) is 5.32 Å². The van der Waals surface area contributed by atoms with Gasteiger partial charge in [-0.05, 0) is 24.1 Å². The molecule has 20 heavy (non-hydrogen) atoms. The summed E-state index contributed by atoms with van der Waals surface area (Å²) in [6.07, 6.45) is 0. The number of methoxy groups -OCH3 is 1. The molecule has 108 valence electrons. The Morgan fingerprint density at radius 1 is 1.55 bits per heavy atom. The number of benzene rings is 1. The Kier molecular flexibility index (Phi) is 4.46. The molecule has 0 fully saturated rings. The molecule has 0 aliphatic carbocycles. The molecule has 1 amide bonds. The van der Waals surface area contributed by atoms with Crippen molar-refractivity contribution < 1.29 is 14.6 Å². The van der Waals surface area contributed by atoms with Gasteiger partial charge in [0, 0.05) is 23.2 Å². The summed E-state index contributed by atoms with van der Waals surface area (Å²) in [6.45, 7) is 2.32. The highest BCUT2D eigenvalue weighted by Gasteiger charge is 2.17. The summed E-state index contributed by atoms with van der Waals surface area (Å²) in [5, 5.41) is 12.6. The number of ether oxygens (including phenoxy) is 1. The summed E-state index contributed by atoms with van der Waals surface area (Å²) in [5.74, 6) is 0.553. The zero-order chi connectivity index (χ0) is 14.7. The maximum absolute atomic E-state index is 12.1. The number of anilines is 1. The number of nitrogens with two attached hydrogens (primary N) is 1. The van der Waals surface area contributed by atoms with Gasteiger partial charge < -0.3 is 20.9 Å². The number of amides is 1. The Balaban J connectivity index is 2.25. The molecule has 0 aliphatic rings. The highest BCUT2D eigenvalue weighted by atomic mass is 32.1. The first kappa shape index (κ1) is 14.6. The Morgan fingerprint density at radius 3 is 2.95 bits per heavy atom. The fraction of sp³-hybridized carbons (Fsp3) is 0.357. The smallest absolute Gasteiger partial charge is 0.263 e. The highest BCUT2D eigenvalue weighted by Crippen LogP contribution is 2.35. The van der Waals surface area contributed by atoms with E-state index in [9.17, 15) is 4.79 Å². The predicted molar refractivity (Wildman–Crippen MR) is 81.4 cm³/mol. The molecule has 2 rings (SSSR count). The van der Waals surface area contributed by atoms with Crippen LogP contribution in [0.5, 0.6) is 5.75 Å². The van der Waals surface area contributed by atoms with Crippen LogP contribution in [-0.4, -0.2) is 31.3 Å². The van der Waals surface area contributed by atoms with Gasteiger partial charge in [-0.3, -0.25) is 4.79 Å². The molecule has 0 radical (unpaired) electrons. The van der Waals surface area contributed by atoms with Gasteiger partial charge in [-0.2, -0.15) is 0 Å². The molecule has 1 aromatic carbocycles. The Hall–Kier alpha value is -1.79. The minimum absolute atomic E-state index is 0.0228. The summed E-state index contributed by atoms with van der Waals surface area (Å²) in [4.78, 5) is 12.6. The molecule has 1 aromatic heterocycles. The molecule has 1 unspecified atom stereocenters. The average molecular weight is 294 g/mol. The zero-order valence-corrected chi connectivity index (χ0v) is 12.3. The number of nitrogens with one attached hydrogen (secondary N) is 1. The lowest BCUT2D eigenvalue weighted by Gasteiger charge is -2.08. The van der Waals surface area contributed by atoms with Gasteiger partial charge in [0.2, 0.25) is 0 Å². The first-order chi connectivity index (χ1) is 9.56. The molecule has 5 nitrogen and oxygen atoms in total. The van der Waals surface area contributed by atoms with Crippen molar-refractivity contribution in [3.05, 3.63) is 23.1 Å². The van der Waals surface area contributed by atoms with Gasteiger partial charge in [0.25, 0.3) is 5.91 Å². The Bertz CT molecular complexity index is 624. The van der Waals surface area contributed by atoms with E-state index in [1.807, 2.05) is 25.1 Å². The van der Waals surface area contributed by atoms with Crippen molar-refractivity contribution in [1.29, 1.82) is 0 Å². The van der Waals surface area contributed by atoms with Gasteiger partial charge in [0.15, 0.2) is 0 Å². The van der Waals surface area contributed by atoms with Crippen LogP contribution in [0.1, 0.15) is 16.6 Å². The van der Waals surface area contributed by atoms with Crippen LogP contribution >= 0.6 is 11.3 Å². The minimum atomic E-state index is -0.206. The summed E-state index contributed by atoms with van der Waals surface area (Å²) in [7, 11) is 1.60. The summed E-state index contributed by atoms with van der Waals surface area (Å²) in [6, 6.07) is 5.54. The first-order valence-electron chi connectivity index (χ1n) is 6.32. The highest BCUT2D eigenvalue weighted by molar-refractivity contribution is 7.21. The molecular formula is C14H18N2O3S. The van der Waals surface area contributed by atoms with Crippen LogP contribution in [0, 0.1) is 5.92 Å². The molecule has 0 saturated heterocycles. The molecule has 6 heteroatoms. The van der Waals surface area contributed by atoms with E-state index in [0.717, 1.165) is 15.8 Å². The second-order valence-corrected chi connectivity index (χ2v) is 5.76. The standard InChI is InChI=1S/C14H18N2O3S/c1-8(7-17)6-16-14(18)13-12(15)10-4-3-9(19-2)5-11(10)20-13/h3-5,8,17H,6-7,15H2,1-2H3,(H,16,18). The number of carbonyl (C=O) groups excluding carboxylic acids is 1. The average Bonchev–Trinajstić information content (AvgIpc) is 2.80. The molecule has 4 N–H and O–H groups in total. The van der Waals surface area contributed by atoms with Crippen molar-refractivity contribution in [3.63, 3.8) is 0 Å². The second kappa shape index (κ2) is 6.11. The molecule has 1 atom stereocenters. The minimum Gasteiger partial charge on any atom is -0.497 e. The number of hydrogen-bond acceptors (Lipinski definition) is 5. The van der Waals surface area contributed by atoms with E-state index in [-0.39, 0.29) is 18.4 Å². The number of aliphatic hydroxyl groups excluding tert-OH is 1. The lowest BCUT2D eigenvalue weighted by Crippen LogP contribution is -2.29. The number of hydrogen-bond donors (Lipinski definition) is 3. The van der Waals surface area contributed by atoms with Gasteiger partial charge in [-0.25, -0.2) is 0 Å². The van der Waals surface area contributed by atoms with Crippen LogP contribution in [0.2, 0.25) is 0 Å². The SMILES string of the molecule is COc1ccc2c(N)c(C(=O)NCC(C)CO)sc2c1. The van der Waals surface area contributed by atoms with Crippen LogP contribution in [-0.2, 0) is 0 Å². The van der Waals surface area contributed by atoms with E-state index in [1.54, 1.807) is 7.11 Å². The third-order valence-electron chi connectivity index (χ3n) is 3.06. The van der Waals surface area contributed by atoms with Gasteiger partial charge in [-0.1, -0.05) is 6.92 Å². The van der Waals surface area contributed by atoms with Crippen LogP contribution in [0.15, 0.2) is 18.2 Å². The quantitative estimate of drug-likeness (QED) is 0.785. The van der Waals surface area contributed by atoms with Crippen molar-refractivity contribution in [2.75, 3.05) is 26.0 Å². The molecular weight excluding hydrogens is 276 g/mol. The molecule has 0 aliphatic heterocycles. The van der Waals surface area contributed by atoms with Gasteiger partial charge in [0.05, 0.1) is 12.8 Å². The molecule has 0 bridgehead atoms. The van der Waals surface area contributed by atoms with Crippen LogP contribution in [0.4, 0.5) is 5.69 Å². The van der Waals surface area contributed by atoms with E-state index in [0.29, 0.717) is 17.1 Å². The molecule has 1 heterocycles. The third kappa shape index (κ3) is 2.86. The number of rotatable bonds is 5. The number of fused-ring (bicyclic) bond motifs is 1. The van der Waals surface area contributed by atoms with Crippen molar-refractivity contribution in [3.8, 4) is 5.75 Å². The van der Waals surface area contributed by atoms with E-state index in [4.69, 9.17) is 15.6 Å². The lowest BCUT2D eigenvalue weighted by atomic mass is 10.2. The van der Waals surface area contributed by atoms with E-state index >= 15 is 0 Å². The van der Waals surface area contributed by atoms with Crippen LogP contribution in [0.3, 0.4) is 0 Å². The second-order valence-electron chi connectivity index (χ2n) is 4.70.